The maximum Gasteiger partial charge on any atom is 0.254 e. The molecule has 2 aromatic rings. The van der Waals surface area contributed by atoms with Gasteiger partial charge in [-0.05, 0) is 19.8 Å². The first-order valence-corrected chi connectivity index (χ1v) is 5.84. The summed E-state index contributed by atoms with van der Waals surface area (Å²) in [7, 11) is 0. The van der Waals surface area contributed by atoms with Gasteiger partial charge in [-0.2, -0.15) is 14.6 Å². The molecule has 17 heavy (non-hydrogen) atoms. The molecular formula is C11H15N5O. The van der Waals surface area contributed by atoms with Crippen LogP contribution in [0.15, 0.2) is 12.4 Å². The van der Waals surface area contributed by atoms with Crippen LogP contribution < -0.4 is 4.90 Å². The van der Waals surface area contributed by atoms with E-state index in [-0.39, 0.29) is 6.61 Å². The molecule has 0 unspecified atom stereocenters. The van der Waals surface area contributed by atoms with E-state index in [0.29, 0.717) is 18.4 Å². The molecule has 6 nitrogen and oxygen atoms in total. The predicted octanol–water partition coefficient (Wildman–Crippen LogP) is 0.394. The number of nitrogens with zero attached hydrogens (tertiary/aromatic N) is 5. The van der Waals surface area contributed by atoms with Crippen LogP contribution in [0.4, 0.5) is 5.82 Å². The van der Waals surface area contributed by atoms with Crippen molar-refractivity contribution in [3.05, 3.63) is 18.1 Å². The van der Waals surface area contributed by atoms with Gasteiger partial charge in [-0.3, -0.25) is 0 Å². The Morgan fingerprint density at radius 3 is 3.06 bits per heavy atom. The Labute approximate surface area is 98.9 Å². The van der Waals surface area contributed by atoms with Gasteiger partial charge in [0.25, 0.3) is 5.78 Å². The molecule has 2 heterocycles. The lowest BCUT2D eigenvalue weighted by atomic mass is 10.3. The quantitative estimate of drug-likeness (QED) is 0.827. The summed E-state index contributed by atoms with van der Waals surface area (Å²) in [6.45, 7) is 2.72. The fourth-order valence-electron chi connectivity index (χ4n) is 2.09. The summed E-state index contributed by atoms with van der Waals surface area (Å²) in [5, 5.41) is 13.4. The van der Waals surface area contributed by atoms with Crippen molar-refractivity contribution >= 4 is 11.6 Å². The molecule has 0 saturated heterocycles. The SMILES string of the molecule is Cc1cc(N(CCO)C2CC2)n2ncnc2n1. The molecule has 1 saturated carbocycles. The van der Waals surface area contributed by atoms with Crippen LogP contribution in [0.25, 0.3) is 5.78 Å². The van der Waals surface area contributed by atoms with Crippen LogP contribution >= 0.6 is 0 Å². The van der Waals surface area contributed by atoms with Gasteiger partial charge >= 0.3 is 0 Å². The number of aryl methyl sites for hydroxylation is 1. The summed E-state index contributed by atoms with van der Waals surface area (Å²) in [5.74, 6) is 1.59. The van der Waals surface area contributed by atoms with E-state index in [0.717, 1.165) is 11.5 Å². The van der Waals surface area contributed by atoms with Crippen LogP contribution in [0.5, 0.6) is 0 Å². The standard InChI is InChI=1S/C11H15N5O/c1-8-6-10(15(4-5-17)9-2-3-9)16-11(14-8)12-7-13-16/h6-7,9,17H,2-5H2,1H3. The molecule has 90 valence electrons. The van der Waals surface area contributed by atoms with Gasteiger partial charge in [0.15, 0.2) is 0 Å². The second kappa shape index (κ2) is 3.96. The normalized spacial score (nSPS) is 15.4. The highest BCUT2D eigenvalue weighted by atomic mass is 16.3. The van der Waals surface area contributed by atoms with Crippen LogP contribution in [-0.2, 0) is 0 Å². The monoisotopic (exact) mass is 233 g/mol. The Balaban J connectivity index is 2.09. The van der Waals surface area contributed by atoms with Crippen LogP contribution in [0, 0.1) is 6.92 Å². The van der Waals surface area contributed by atoms with Crippen molar-refractivity contribution in [1.82, 2.24) is 19.6 Å². The summed E-state index contributed by atoms with van der Waals surface area (Å²) < 4.78 is 1.74. The minimum absolute atomic E-state index is 0.147. The van der Waals surface area contributed by atoms with E-state index in [2.05, 4.69) is 20.0 Å². The molecule has 0 radical (unpaired) electrons. The second-order valence-electron chi connectivity index (χ2n) is 4.38. The second-order valence-corrected chi connectivity index (χ2v) is 4.38. The molecule has 1 aliphatic rings. The van der Waals surface area contributed by atoms with E-state index in [9.17, 15) is 0 Å². The number of aromatic nitrogens is 4. The van der Waals surface area contributed by atoms with Gasteiger partial charge < -0.3 is 10.0 Å². The first kappa shape index (κ1) is 10.5. The van der Waals surface area contributed by atoms with Crippen molar-refractivity contribution in [3.8, 4) is 0 Å². The zero-order valence-electron chi connectivity index (χ0n) is 9.74. The molecule has 3 rings (SSSR count). The number of aliphatic hydroxyl groups is 1. The van der Waals surface area contributed by atoms with Crippen molar-refractivity contribution in [1.29, 1.82) is 0 Å². The zero-order valence-corrected chi connectivity index (χ0v) is 9.74. The maximum atomic E-state index is 9.16. The van der Waals surface area contributed by atoms with Gasteiger partial charge in [0.2, 0.25) is 0 Å². The van der Waals surface area contributed by atoms with E-state index in [1.54, 1.807) is 4.52 Å². The van der Waals surface area contributed by atoms with Crippen molar-refractivity contribution in [2.45, 2.75) is 25.8 Å². The highest BCUT2D eigenvalue weighted by Gasteiger charge is 2.30. The number of hydrogen-bond acceptors (Lipinski definition) is 5. The van der Waals surface area contributed by atoms with Crippen molar-refractivity contribution in [2.24, 2.45) is 0 Å². The third kappa shape index (κ3) is 1.84. The predicted molar refractivity (Wildman–Crippen MR) is 63.0 cm³/mol. The van der Waals surface area contributed by atoms with Crippen LogP contribution in [0.2, 0.25) is 0 Å². The number of anilines is 1. The summed E-state index contributed by atoms with van der Waals surface area (Å²) >= 11 is 0. The van der Waals surface area contributed by atoms with E-state index in [1.165, 1.54) is 19.2 Å². The fraction of sp³-hybridized carbons (Fsp3) is 0.545. The average Bonchev–Trinajstić information content (AvgIpc) is 3.04. The maximum absolute atomic E-state index is 9.16. The number of hydrogen-bond donors (Lipinski definition) is 1. The molecule has 2 aromatic heterocycles. The molecule has 0 aromatic carbocycles. The average molecular weight is 233 g/mol. The minimum Gasteiger partial charge on any atom is -0.395 e. The van der Waals surface area contributed by atoms with E-state index in [1.807, 2.05) is 13.0 Å². The van der Waals surface area contributed by atoms with Crippen LogP contribution in [0.1, 0.15) is 18.5 Å². The fourth-order valence-corrected chi connectivity index (χ4v) is 2.09. The molecule has 0 bridgehead atoms. The Hall–Kier alpha value is -1.69. The molecule has 0 atom stereocenters. The van der Waals surface area contributed by atoms with Gasteiger partial charge in [-0.25, -0.2) is 4.98 Å². The summed E-state index contributed by atoms with van der Waals surface area (Å²) in [4.78, 5) is 10.6. The lowest BCUT2D eigenvalue weighted by Crippen LogP contribution is -2.31. The molecule has 0 spiro atoms. The summed E-state index contributed by atoms with van der Waals surface area (Å²) in [6.07, 6.45) is 3.87. The molecule has 1 aliphatic carbocycles. The number of fused-ring (bicyclic) bond motifs is 1. The lowest BCUT2D eigenvalue weighted by molar-refractivity contribution is 0.300. The topological polar surface area (TPSA) is 66.5 Å². The molecule has 1 N–H and O–H groups in total. The Kier molecular flexibility index (Phi) is 2.44. The molecule has 0 aliphatic heterocycles. The third-order valence-electron chi connectivity index (χ3n) is 2.98. The van der Waals surface area contributed by atoms with Gasteiger partial charge in [0.05, 0.1) is 6.61 Å². The molecular weight excluding hydrogens is 218 g/mol. The highest BCUT2D eigenvalue weighted by molar-refractivity contribution is 5.48. The molecule has 1 fully saturated rings. The van der Waals surface area contributed by atoms with E-state index in [4.69, 9.17) is 5.11 Å². The van der Waals surface area contributed by atoms with E-state index >= 15 is 0 Å². The number of aliphatic hydroxyl groups excluding tert-OH is 1. The van der Waals surface area contributed by atoms with Gasteiger partial charge in [0, 0.05) is 24.3 Å². The van der Waals surface area contributed by atoms with Gasteiger partial charge in [-0.15, -0.1) is 0 Å². The minimum atomic E-state index is 0.147. The first-order chi connectivity index (χ1) is 8.29. The smallest absolute Gasteiger partial charge is 0.254 e. The van der Waals surface area contributed by atoms with Crippen LogP contribution in [-0.4, -0.2) is 43.9 Å². The number of rotatable bonds is 4. The van der Waals surface area contributed by atoms with Gasteiger partial charge in [0.1, 0.15) is 12.1 Å². The largest absolute Gasteiger partial charge is 0.395 e. The Morgan fingerprint density at radius 2 is 2.35 bits per heavy atom. The van der Waals surface area contributed by atoms with Crippen molar-refractivity contribution in [2.75, 3.05) is 18.1 Å². The molecule has 6 heteroatoms. The van der Waals surface area contributed by atoms with Crippen LogP contribution in [0.3, 0.4) is 0 Å². The Morgan fingerprint density at radius 1 is 1.53 bits per heavy atom. The first-order valence-electron chi connectivity index (χ1n) is 5.84. The Bertz CT molecular complexity index is 534. The lowest BCUT2D eigenvalue weighted by Gasteiger charge is -2.23. The van der Waals surface area contributed by atoms with Crippen molar-refractivity contribution < 1.29 is 5.11 Å². The van der Waals surface area contributed by atoms with Gasteiger partial charge in [-0.1, -0.05) is 0 Å². The highest BCUT2D eigenvalue weighted by Crippen LogP contribution is 2.31. The molecule has 0 amide bonds. The third-order valence-corrected chi connectivity index (χ3v) is 2.98. The van der Waals surface area contributed by atoms with Crippen molar-refractivity contribution in [3.63, 3.8) is 0 Å². The summed E-state index contributed by atoms with van der Waals surface area (Å²) in [5.41, 5.74) is 0.920. The summed E-state index contributed by atoms with van der Waals surface area (Å²) in [6, 6.07) is 2.52. The van der Waals surface area contributed by atoms with E-state index < -0.39 is 0 Å². The zero-order chi connectivity index (χ0) is 11.8.